The molecule has 0 radical (unpaired) electrons. The van der Waals surface area contributed by atoms with Crippen molar-refractivity contribution < 1.29 is 5.11 Å². The smallest absolute Gasteiger partial charge is 0.191 e. The first-order chi connectivity index (χ1) is 11.3. The Kier molecular flexibility index (Phi) is 5.04. The van der Waals surface area contributed by atoms with Crippen molar-refractivity contribution in [3.63, 3.8) is 0 Å². The molecule has 0 aliphatic heterocycles. The van der Waals surface area contributed by atoms with Gasteiger partial charge in [-0.3, -0.25) is 4.57 Å². The number of rotatable bonds is 7. The van der Waals surface area contributed by atoms with Gasteiger partial charge >= 0.3 is 0 Å². The average Bonchev–Trinajstić information content (AvgIpc) is 3.24. The molecule has 0 unspecified atom stereocenters. The minimum atomic E-state index is -0.0886. The van der Waals surface area contributed by atoms with Crippen LogP contribution in [0.3, 0.4) is 0 Å². The number of aliphatic hydroxyl groups excluding tert-OH is 1. The average molecular weight is 330 g/mol. The van der Waals surface area contributed by atoms with Crippen LogP contribution in [0.1, 0.15) is 24.7 Å². The first-order valence-corrected chi connectivity index (χ1v) is 8.39. The summed E-state index contributed by atoms with van der Waals surface area (Å²) in [6.07, 6.45) is 8.14. The van der Waals surface area contributed by atoms with Crippen LogP contribution >= 0.6 is 11.8 Å². The topological polar surface area (TPSA) is 81.6 Å². The van der Waals surface area contributed by atoms with Crippen molar-refractivity contribution in [1.82, 2.24) is 29.3 Å². The van der Waals surface area contributed by atoms with E-state index < -0.39 is 0 Å². The van der Waals surface area contributed by atoms with Crippen molar-refractivity contribution in [2.24, 2.45) is 0 Å². The normalized spacial score (nSPS) is 11.0. The van der Waals surface area contributed by atoms with Gasteiger partial charge < -0.3 is 9.67 Å². The lowest BCUT2D eigenvalue weighted by Gasteiger charge is -2.07. The van der Waals surface area contributed by atoms with Crippen LogP contribution in [0.4, 0.5) is 0 Å². The van der Waals surface area contributed by atoms with E-state index in [0.29, 0.717) is 5.82 Å². The van der Waals surface area contributed by atoms with Crippen molar-refractivity contribution in [3.05, 3.63) is 48.4 Å². The van der Waals surface area contributed by atoms with Crippen molar-refractivity contribution in [2.75, 3.05) is 0 Å². The van der Waals surface area contributed by atoms with E-state index in [-0.39, 0.29) is 6.61 Å². The number of hydrogen-bond donors (Lipinski definition) is 1. The Bertz CT molecular complexity index is 738. The Morgan fingerprint density at radius 2 is 2.17 bits per heavy atom. The molecule has 0 aliphatic rings. The van der Waals surface area contributed by atoms with Crippen molar-refractivity contribution in [2.45, 2.75) is 37.4 Å². The predicted octanol–water partition coefficient (Wildman–Crippen LogP) is 2.05. The van der Waals surface area contributed by atoms with Crippen LogP contribution < -0.4 is 0 Å². The first kappa shape index (κ1) is 15.7. The second-order valence-electron chi connectivity index (χ2n) is 4.99. The monoisotopic (exact) mass is 330 g/mol. The maximum absolute atomic E-state index is 9.31. The molecule has 3 aromatic rings. The summed E-state index contributed by atoms with van der Waals surface area (Å²) in [6.45, 7) is 2.81. The number of aromatic nitrogens is 6. The lowest BCUT2D eigenvalue weighted by Crippen LogP contribution is -2.04. The second-order valence-corrected chi connectivity index (χ2v) is 5.93. The highest BCUT2D eigenvalue weighted by Crippen LogP contribution is 2.22. The quantitative estimate of drug-likeness (QED) is 0.668. The third-order valence-electron chi connectivity index (χ3n) is 3.33. The molecule has 3 heterocycles. The number of nitrogens with zero attached hydrogens (tertiary/aromatic N) is 6. The van der Waals surface area contributed by atoms with E-state index in [4.69, 9.17) is 0 Å². The van der Waals surface area contributed by atoms with Gasteiger partial charge in [-0.25, -0.2) is 9.97 Å². The number of hydrogen-bond acceptors (Lipinski definition) is 6. The molecule has 3 aromatic heterocycles. The molecule has 0 spiro atoms. The van der Waals surface area contributed by atoms with Crippen molar-refractivity contribution in [3.8, 4) is 5.82 Å². The summed E-state index contributed by atoms with van der Waals surface area (Å²) in [5.41, 5.74) is 1.11. The highest BCUT2D eigenvalue weighted by atomic mass is 32.2. The van der Waals surface area contributed by atoms with E-state index in [2.05, 4.69) is 27.1 Å². The largest absolute Gasteiger partial charge is 0.388 e. The molecule has 0 amide bonds. The van der Waals surface area contributed by atoms with E-state index in [1.165, 1.54) is 0 Å². The highest BCUT2D eigenvalue weighted by molar-refractivity contribution is 7.98. The van der Waals surface area contributed by atoms with E-state index >= 15 is 0 Å². The Balaban J connectivity index is 1.68. The zero-order valence-electron chi connectivity index (χ0n) is 12.8. The molecule has 0 saturated heterocycles. The zero-order chi connectivity index (χ0) is 16.1. The summed E-state index contributed by atoms with van der Waals surface area (Å²) in [4.78, 5) is 8.46. The lowest BCUT2D eigenvalue weighted by atomic mass is 10.3. The SMILES string of the molecule is CCCn1c(CO)nnc1SCc1ccc(-n2ccnc2)nc1. The molecular formula is C15H18N6OS. The Hall–Kier alpha value is -2.19. The maximum Gasteiger partial charge on any atom is 0.191 e. The maximum atomic E-state index is 9.31. The summed E-state index contributed by atoms with van der Waals surface area (Å²) < 4.78 is 3.83. The van der Waals surface area contributed by atoms with Crippen LogP contribution in [0.2, 0.25) is 0 Å². The molecule has 0 aliphatic carbocycles. The standard InChI is InChI=1S/C15H18N6OS/c1-2-6-21-14(9-22)18-19-15(21)23-10-12-3-4-13(17-8-12)20-7-5-16-11-20/h3-5,7-8,11,22H,2,6,9-10H2,1H3. The van der Waals surface area contributed by atoms with Crippen LogP contribution in [0.5, 0.6) is 0 Å². The summed E-state index contributed by atoms with van der Waals surface area (Å²) in [5, 5.41) is 18.3. The lowest BCUT2D eigenvalue weighted by molar-refractivity contribution is 0.263. The van der Waals surface area contributed by atoms with Gasteiger partial charge in [-0.1, -0.05) is 24.8 Å². The third kappa shape index (κ3) is 3.59. The van der Waals surface area contributed by atoms with Gasteiger partial charge in [-0.15, -0.1) is 10.2 Å². The van der Waals surface area contributed by atoms with Gasteiger partial charge in [0.05, 0.1) is 0 Å². The van der Waals surface area contributed by atoms with Gasteiger partial charge in [-0.2, -0.15) is 0 Å². The van der Waals surface area contributed by atoms with Crippen molar-refractivity contribution >= 4 is 11.8 Å². The second kappa shape index (κ2) is 7.38. The third-order valence-corrected chi connectivity index (χ3v) is 4.37. The van der Waals surface area contributed by atoms with Gasteiger partial charge in [0.25, 0.3) is 0 Å². The Labute approximate surface area is 138 Å². The Morgan fingerprint density at radius 1 is 1.26 bits per heavy atom. The van der Waals surface area contributed by atoms with Crippen LogP contribution in [-0.2, 0) is 18.9 Å². The number of aliphatic hydroxyl groups is 1. The summed E-state index contributed by atoms with van der Waals surface area (Å²) in [7, 11) is 0. The van der Waals surface area contributed by atoms with Gasteiger partial charge in [0.2, 0.25) is 0 Å². The molecule has 0 atom stereocenters. The number of pyridine rings is 1. The minimum Gasteiger partial charge on any atom is -0.388 e. The predicted molar refractivity (Wildman–Crippen MR) is 87.2 cm³/mol. The van der Waals surface area contributed by atoms with E-state index in [0.717, 1.165) is 35.3 Å². The summed E-state index contributed by atoms with van der Waals surface area (Å²) >= 11 is 1.60. The van der Waals surface area contributed by atoms with Crippen LogP contribution in [0.25, 0.3) is 5.82 Å². The molecule has 0 bridgehead atoms. The molecule has 1 N–H and O–H groups in total. The van der Waals surface area contributed by atoms with E-state index in [9.17, 15) is 5.11 Å². The van der Waals surface area contributed by atoms with Crippen LogP contribution in [0, 0.1) is 0 Å². The Morgan fingerprint density at radius 3 is 2.83 bits per heavy atom. The summed E-state index contributed by atoms with van der Waals surface area (Å²) in [5.74, 6) is 2.21. The van der Waals surface area contributed by atoms with Gasteiger partial charge in [0.15, 0.2) is 11.0 Å². The minimum absolute atomic E-state index is 0.0886. The van der Waals surface area contributed by atoms with Crippen LogP contribution in [-0.4, -0.2) is 34.4 Å². The fraction of sp³-hybridized carbons (Fsp3) is 0.333. The van der Waals surface area contributed by atoms with Crippen molar-refractivity contribution in [1.29, 1.82) is 0 Å². The molecule has 3 rings (SSSR count). The molecular weight excluding hydrogens is 312 g/mol. The molecule has 0 fully saturated rings. The molecule has 7 nitrogen and oxygen atoms in total. The molecule has 8 heteroatoms. The number of imidazole rings is 1. The molecule has 23 heavy (non-hydrogen) atoms. The van der Waals surface area contributed by atoms with Gasteiger partial charge in [0.1, 0.15) is 18.8 Å². The van der Waals surface area contributed by atoms with Gasteiger partial charge in [0, 0.05) is 30.9 Å². The van der Waals surface area contributed by atoms with E-state index in [1.807, 2.05) is 33.7 Å². The fourth-order valence-corrected chi connectivity index (χ4v) is 3.11. The molecule has 120 valence electrons. The summed E-state index contributed by atoms with van der Waals surface area (Å²) in [6, 6.07) is 4.01. The zero-order valence-corrected chi connectivity index (χ0v) is 13.6. The highest BCUT2D eigenvalue weighted by Gasteiger charge is 2.11. The van der Waals surface area contributed by atoms with Crippen LogP contribution in [0.15, 0.2) is 42.2 Å². The van der Waals surface area contributed by atoms with Gasteiger partial charge in [-0.05, 0) is 18.1 Å². The fourth-order valence-electron chi connectivity index (χ4n) is 2.19. The molecule has 0 saturated carbocycles. The number of thioether (sulfide) groups is 1. The molecule has 0 aromatic carbocycles. The van der Waals surface area contributed by atoms with E-state index in [1.54, 1.807) is 24.3 Å². The first-order valence-electron chi connectivity index (χ1n) is 7.40.